The second-order valence-electron chi connectivity index (χ2n) is 4.96. The van der Waals surface area contributed by atoms with Crippen LogP contribution in [-0.4, -0.2) is 19.5 Å². The number of nitrogens with zero attached hydrogens (tertiary/aromatic N) is 4. The molecule has 108 valence electrons. The Morgan fingerprint density at radius 1 is 1.18 bits per heavy atom. The highest BCUT2D eigenvalue weighted by atomic mass is 127. The first kappa shape index (κ1) is 13.8. The van der Waals surface area contributed by atoms with Crippen LogP contribution in [-0.2, 0) is 7.05 Å². The lowest BCUT2D eigenvalue weighted by Gasteiger charge is -2.04. The Labute approximate surface area is 145 Å². The minimum absolute atomic E-state index is 1.000. The second kappa shape index (κ2) is 5.44. The van der Waals surface area contributed by atoms with Crippen LogP contribution in [0.15, 0.2) is 49.2 Å². The number of fused-ring (bicyclic) bond motifs is 1. The van der Waals surface area contributed by atoms with Crippen LogP contribution in [0.3, 0.4) is 0 Å². The normalized spacial score (nSPS) is 11.2. The molecule has 3 heterocycles. The summed E-state index contributed by atoms with van der Waals surface area (Å²) in [6, 6.07) is 10.5. The van der Waals surface area contributed by atoms with Gasteiger partial charge in [0.05, 0.1) is 22.6 Å². The number of imidazole rings is 1. The Hall–Kier alpha value is -1.80. The Balaban J connectivity index is 1.93. The molecule has 3 aromatic heterocycles. The van der Waals surface area contributed by atoms with Crippen molar-refractivity contribution in [2.75, 3.05) is 0 Å². The Morgan fingerprint density at radius 3 is 2.91 bits per heavy atom. The van der Waals surface area contributed by atoms with Crippen LogP contribution >= 0.6 is 33.9 Å². The van der Waals surface area contributed by atoms with Crippen molar-refractivity contribution in [3.8, 4) is 21.8 Å². The number of hydrogen-bond donors (Lipinski definition) is 0. The van der Waals surface area contributed by atoms with Crippen LogP contribution in [0.1, 0.15) is 0 Å². The Morgan fingerprint density at radius 2 is 2.09 bits per heavy atom. The smallest absolute Gasteiger partial charge is 0.127 e. The van der Waals surface area contributed by atoms with Gasteiger partial charge < -0.3 is 4.57 Å². The third-order valence-electron chi connectivity index (χ3n) is 3.46. The largest absolute Gasteiger partial charge is 0.333 e. The molecule has 6 heteroatoms. The highest BCUT2D eigenvalue weighted by Crippen LogP contribution is 2.37. The van der Waals surface area contributed by atoms with Crippen molar-refractivity contribution in [1.82, 2.24) is 19.5 Å². The highest BCUT2D eigenvalue weighted by molar-refractivity contribution is 14.1. The van der Waals surface area contributed by atoms with Gasteiger partial charge in [0.15, 0.2) is 0 Å². The van der Waals surface area contributed by atoms with Gasteiger partial charge in [-0.1, -0.05) is 12.1 Å². The van der Waals surface area contributed by atoms with Gasteiger partial charge in [0.25, 0.3) is 0 Å². The number of thiophene rings is 1. The number of hydrogen-bond acceptors (Lipinski definition) is 4. The highest BCUT2D eigenvalue weighted by Gasteiger charge is 2.16. The molecule has 0 aliphatic carbocycles. The van der Waals surface area contributed by atoms with E-state index in [0.29, 0.717) is 0 Å². The van der Waals surface area contributed by atoms with E-state index in [4.69, 9.17) is 0 Å². The molecule has 4 aromatic rings. The molecule has 0 aliphatic rings. The summed E-state index contributed by atoms with van der Waals surface area (Å²) in [5, 5.41) is 1.07. The van der Waals surface area contributed by atoms with Gasteiger partial charge >= 0.3 is 0 Å². The van der Waals surface area contributed by atoms with Crippen molar-refractivity contribution in [1.29, 1.82) is 0 Å². The number of halogens is 1. The first-order chi connectivity index (χ1) is 10.7. The van der Waals surface area contributed by atoms with E-state index in [0.717, 1.165) is 32.0 Å². The zero-order valence-corrected chi connectivity index (χ0v) is 14.7. The van der Waals surface area contributed by atoms with Crippen LogP contribution in [0.5, 0.6) is 0 Å². The molecule has 0 atom stereocenters. The summed E-state index contributed by atoms with van der Waals surface area (Å²) < 4.78 is 3.27. The molecule has 0 amide bonds. The zero-order chi connectivity index (χ0) is 15.1. The number of rotatable bonds is 2. The van der Waals surface area contributed by atoms with E-state index in [2.05, 4.69) is 72.4 Å². The summed E-state index contributed by atoms with van der Waals surface area (Å²) in [5.74, 6) is 0. The standard InChI is InChI=1S/C16H11IN4S/c1-21-9-20-14(10-3-2-4-12(17)5-10)15(21)13-6-11-7-18-8-19-16(11)22-13/h2-9H,1H3. The maximum atomic E-state index is 4.60. The van der Waals surface area contributed by atoms with Gasteiger partial charge in [0.2, 0.25) is 0 Å². The number of benzene rings is 1. The molecular weight excluding hydrogens is 407 g/mol. The number of aromatic nitrogens is 4. The predicted octanol–water partition coefficient (Wildman–Crippen LogP) is 4.36. The fourth-order valence-corrected chi connectivity index (χ4v) is 4.08. The molecule has 0 fully saturated rings. The van der Waals surface area contributed by atoms with Gasteiger partial charge in [-0.2, -0.15) is 0 Å². The fraction of sp³-hybridized carbons (Fsp3) is 0.0625. The predicted molar refractivity (Wildman–Crippen MR) is 97.8 cm³/mol. The maximum Gasteiger partial charge on any atom is 0.127 e. The van der Waals surface area contributed by atoms with Crippen molar-refractivity contribution in [3.05, 3.63) is 52.8 Å². The van der Waals surface area contributed by atoms with Crippen molar-refractivity contribution in [2.24, 2.45) is 7.05 Å². The molecule has 0 unspecified atom stereocenters. The van der Waals surface area contributed by atoms with Gasteiger partial charge in [-0.3, -0.25) is 0 Å². The van der Waals surface area contributed by atoms with Crippen molar-refractivity contribution in [3.63, 3.8) is 0 Å². The van der Waals surface area contributed by atoms with Gasteiger partial charge in [0.1, 0.15) is 11.2 Å². The molecule has 0 N–H and O–H groups in total. The molecule has 22 heavy (non-hydrogen) atoms. The summed E-state index contributed by atoms with van der Waals surface area (Å²) in [6.07, 6.45) is 5.30. The van der Waals surface area contributed by atoms with Crippen LogP contribution < -0.4 is 0 Å². The third-order valence-corrected chi connectivity index (χ3v) is 5.20. The average molecular weight is 418 g/mol. The summed E-state index contributed by atoms with van der Waals surface area (Å²) in [7, 11) is 2.02. The van der Waals surface area contributed by atoms with Crippen LogP contribution in [0.25, 0.3) is 32.0 Å². The van der Waals surface area contributed by atoms with Gasteiger partial charge in [-0.15, -0.1) is 11.3 Å². The Kier molecular flexibility index (Phi) is 3.42. The van der Waals surface area contributed by atoms with E-state index in [1.165, 1.54) is 3.57 Å². The van der Waals surface area contributed by atoms with E-state index in [9.17, 15) is 0 Å². The van der Waals surface area contributed by atoms with Crippen molar-refractivity contribution in [2.45, 2.75) is 0 Å². The van der Waals surface area contributed by atoms with E-state index in [1.54, 1.807) is 17.7 Å². The molecule has 0 saturated carbocycles. The number of aryl methyl sites for hydroxylation is 1. The summed E-state index contributed by atoms with van der Waals surface area (Å²) in [6.45, 7) is 0. The fourth-order valence-electron chi connectivity index (χ4n) is 2.47. The molecule has 0 bridgehead atoms. The molecule has 0 spiro atoms. The third kappa shape index (κ3) is 2.32. The molecule has 4 rings (SSSR count). The van der Waals surface area contributed by atoms with Crippen molar-refractivity contribution < 1.29 is 0 Å². The average Bonchev–Trinajstić information content (AvgIpc) is 3.10. The second-order valence-corrected chi connectivity index (χ2v) is 7.23. The molecule has 4 nitrogen and oxygen atoms in total. The molecular formula is C16H11IN4S. The lowest BCUT2D eigenvalue weighted by Crippen LogP contribution is -1.89. The molecule has 1 aromatic carbocycles. The van der Waals surface area contributed by atoms with Crippen LogP contribution in [0.4, 0.5) is 0 Å². The van der Waals surface area contributed by atoms with E-state index in [1.807, 2.05) is 19.6 Å². The monoisotopic (exact) mass is 418 g/mol. The van der Waals surface area contributed by atoms with Crippen LogP contribution in [0.2, 0.25) is 0 Å². The first-order valence-electron chi connectivity index (χ1n) is 6.69. The van der Waals surface area contributed by atoms with E-state index in [-0.39, 0.29) is 0 Å². The maximum absolute atomic E-state index is 4.60. The lowest BCUT2D eigenvalue weighted by atomic mass is 10.1. The van der Waals surface area contributed by atoms with E-state index < -0.39 is 0 Å². The van der Waals surface area contributed by atoms with Gasteiger partial charge in [0, 0.05) is 27.8 Å². The lowest BCUT2D eigenvalue weighted by molar-refractivity contribution is 0.923. The summed E-state index contributed by atoms with van der Waals surface area (Å²) >= 11 is 3.99. The SMILES string of the molecule is Cn1cnc(-c2cccc(I)c2)c1-c1cc2cncnc2s1. The van der Waals surface area contributed by atoms with Gasteiger partial charge in [-0.05, 0) is 40.8 Å². The molecule has 0 radical (unpaired) electrons. The summed E-state index contributed by atoms with van der Waals surface area (Å²) in [5.41, 5.74) is 3.25. The first-order valence-corrected chi connectivity index (χ1v) is 8.59. The molecule has 0 aliphatic heterocycles. The summed E-state index contributed by atoms with van der Waals surface area (Å²) in [4.78, 5) is 15.2. The topological polar surface area (TPSA) is 43.6 Å². The minimum atomic E-state index is 1.000. The minimum Gasteiger partial charge on any atom is -0.333 e. The Bertz CT molecular complexity index is 940. The van der Waals surface area contributed by atoms with Crippen molar-refractivity contribution >= 4 is 44.1 Å². The molecule has 0 saturated heterocycles. The van der Waals surface area contributed by atoms with E-state index >= 15 is 0 Å². The zero-order valence-electron chi connectivity index (χ0n) is 11.7. The quantitative estimate of drug-likeness (QED) is 0.455. The van der Waals surface area contributed by atoms with Gasteiger partial charge in [-0.25, -0.2) is 15.0 Å². The van der Waals surface area contributed by atoms with Crippen LogP contribution in [0, 0.1) is 3.57 Å².